The van der Waals surface area contributed by atoms with Gasteiger partial charge in [0.1, 0.15) is 0 Å². The van der Waals surface area contributed by atoms with Crippen molar-refractivity contribution in [2.45, 2.75) is 31.8 Å². The number of hydrogen-bond donors (Lipinski definition) is 1. The normalized spacial score (nSPS) is 34.5. The Morgan fingerprint density at radius 1 is 1.36 bits per heavy atom. The monoisotopic (exact) mass is 227 g/mol. The second-order valence-electron chi connectivity index (χ2n) is 4.54. The zero-order valence-electron chi connectivity index (χ0n) is 8.00. The maximum Gasteiger partial charge on any atom is 0.0516 e. The second kappa shape index (κ2) is 3.51. The van der Waals surface area contributed by atoms with E-state index in [-0.39, 0.29) is 0 Å². The molecule has 3 rings (SSSR count). The lowest BCUT2D eigenvalue weighted by atomic mass is 10.1. The summed E-state index contributed by atoms with van der Waals surface area (Å²) in [6, 6.07) is 2.84. The van der Waals surface area contributed by atoms with E-state index in [2.05, 4.69) is 11.4 Å². The van der Waals surface area contributed by atoms with Crippen LogP contribution in [0, 0.1) is 11.8 Å². The minimum absolute atomic E-state index is 0.777. The number of hydrogen-bond acceptors (Lipinski definition) is 2. The molecule has 1 aromatic heterocycles. The van der Waals surface area contributed by atoms with Gasteiger partial charge in [-0.05, 0) is 37.2 Å². The van der Waals surface area contributed by atoms with E-state index in [4.69, 9.17) is 11.6 Å². The predicted octanol–water partition coefficient (Wildman–Crippen LogP) is 3.29. The zero-order valence-corrected chi connectivity index (χ0v) is 9.57. The molecule has 1 nitrogen and oxygen atoms in total. The maximum absolute atomic E-state index is 5.87. The van der Waals surface area contributed by atoms with E-state index in [9.17, 15) is 0 Å². The molecule has 2 fully saturated rings. The molecule has 1 N–H and O–H groups in total. The van der Waals surface area contributed by atoms with E-state index in [1.165, 1.54) is 24.1 Å². The summed E-state index contributed by atoms with van der Waals surface area (Å²) in [5.41, 5.74) is 0. The Bertz CT molecular complexity index is 326. The largest absolute Gasteiger partial charge is 0.309 e. The van der Waals surface area contributed by atoms with Gasteiger partial charge in [0.2, 0.25) is 0 Å². The van der Waals surface area contributed by atoms with Crippen LogP contribution in [0.1, 0.15) is 24.1 Å². The molecule has 0 radical (unpaired) electrons. The Hall–Kier alpha value is -0.0500. The third-order valence-electron chi connectivity index (χ3n) is 3.43. The van der Waals surface area contributed by atoms with E-state index in [1.807, 2.05) is 5.38 Å². The van der Waals surface area contributed by atoms with Crippen molar-refractivity contribution in [2.75, 3.05) is 0 Å². The number of rotatable bonds is 3. The topological polar surface area (TPSA) is 12.0 Å². The van der Waals surface area contributed by atoms with Crippen LogP contribution >= 0.6 is 22.9 Å². The van der Waals surface area contributed by atoms with Crippen molar-refractivity contribution in [3.63, 3.8) is 0 Å². The molecule has 0 saturated heterocycles. The summed E-state index contributed by atoms with van der Waals surface area (Å²) >= 11 is 7.62. The van der Waals surface area contributed by atoms with Crippen LogP contribution in [-0.4, -0.2) is 6.04 Å². The van der Waals surface area contributed by atoms with Gasteiger partial charge in [-0.3, -0.25) is 0 Å². The van der Waals surface area contributed by atoms with Crippen molar-refractivity contribution in [3.8, 4) is 0 Å². The maximum atomic E-state index is 5.87. The Balaban J connectivity index is 1.50. The fourth-order valence-electron chi connectivity index (χ4n) is 2.57. The number of fused-ring (bicyclic) bond motifs is 1. The standard InChI is InChI=1S/C11H14ClNS/c12-9-4-11(14-6-9)5-13-10-2-7-1-8(7)3-10/h4,6-8,10,13H,1-3,5H2. The van der Waals surface area contributed by atoms with Crippen LogP contribution in [0.3, 0.4) is 0 Å². The van der Waals surface area contributed by atoms with E-state index in [0.29, 0.717) is 0 Å². The highest BCUT2D eigenvalue weighted by molar-refractivity contribution is 7.10. The van der Waals surface area contributed by atoms with Crippen molar-refractivity contribution in [2.24, 2.45) is 11.8 Å². The fraction of sp³-hybridized carbons (Fsp3) is 0.636. The van der Waals surface area contributed by atoms with Gasteiger partial charge in [0.05, 0.1) is 5.02 Å². The third kappa shape index (κ3) is 1.83. The van der Waals surface area contributed by atoms with E-state index in [1.54, 1.807) is 11.3 Å². The molecule has 2 saturated carbocycles. The Kier molecular flexibility index (Phi) is 2.31. The number of nitrogens with one attached hydrogen (secondary N) is 1. The van der Waals surface area contributed by atoms with Crippen molar-refractivity contribution in [3.05, 3.63) is 21.3 Å². The van der Waals surface area contributed by atoms with Gasteiger partial charge in [0, 0.05) is 22.8 Å². The molecule has 0 spiro atoms. The molecule has 3 heteroatoms. The molecule has 0 bridgehead atoms. The molecule has 0 aromatic carbocycles. The van der Waals surface area contributed by atoms with Crippen molar-refractivity contribution >= 4 is 22.9 Å². The molecule has 0 aliphatic heterocycles. The summed E-state index contributed by atoms with van der Waals surface area (Å²) in [5.74, 6) is 2.14. The van der Waals surface area contributed by atoms with Gasteiger partial charge in [-0.1, -0.05) is 11.6 Å². The van der Waals surface area contributed by atoms with E-state index >= 15 is 0 Å². The number of thiophene rings is 1. The highest BCUT2D eigenvalue weighted by Crippen LogP contribution is 2.51. The molecule has 2 unspecified atom stereocenters. The van der Waals surface area contributed by atoms with Gasteiger partial charge in [0.15, 0.2) is 0 Å². The van der Waals surface area contributed by atoms with Crippen molar-refractivity contribution < 1.29 is 0 Å². The Morgan fingerprint density at radius 3 is 2.79 bits per heavy atom. The third-order valence-corrected chi connectivity index (χ3v) is 4.71. The first kappa shape index (κ1) is 9.20. The van der Waals surface area contributed by atoms with Crippen LogP contribution in [0.5, 0.6) is 0 Å². The molecular formula is C11H14ClNS. The van der Waals surface area contributed by atoms with Gasteiger partial charge < -0.3 is 5.32 Å². The quantitative estimate of drug-likeness (QED) is 0.836. The highest BCUT2D eigenvalue weighted by atomic mass is 35.5. The van der Waals surface area contributed by atoms with Crippen LogP contribution in [0.4, 0.5) is 0 Å². The van der Waals surface area contributed by atoms with Crippen molar-refractivity contribution in [1.82, 2.24) is 5.32 Å². The van der Waals surface area contributed by atoms with Gasteiger partial charge in [0.25, 0.3) is 0 Å². The minimum Gasteiger partial charge on any atom is -0.309 e. The number of halogens is 1. The summed E-state index contributed by atoms with van der Waals surface area (Å²) in [7, 11) is 0. The molecule has 14 heavy (non-hydrogen) atoms. The van der Waals surface area contributed by atoms with E-state index in [0.717, 1.165) is 29.4 Å². The molecule has 76 valence electrons. The van der Waals surface area contributed by atoms with E-state index < -0.39 is 0 Å². The zero-order chi connectivity index (χ0) is 9.54. The molecule has 2 aliphatic carbocycles. The first-order valence-electron chi connectivity index (χ1n) is 5.27. The van der Waals surface area contributed by atoms with Gasteiger partial charge in [-0.2, -0.15) is 0 Å². The van der Waals surface area contributed by atoms with Crippen LogP contribution in [0.2, 0.25) is 5.02 Å². The Labute approximate surface area is 93.5 Å². The SMILES string of the molecule is Clc1csc(CNC2CC3CC3C2)c1. The summed E-state index contributed by atoms with van der Waals surface area (Å²) in [4.78, 5) is 1.36. The summed E-state index contributed by atoms with van der Waals surface area (Å²) in [6.45, 7) is 1.00. The fourth-order valence-corrected chi connectivity index (χ4v) is 3.60. The van der Waals surface area contributed by atoms with Gasteiger partial charge >= 0.3 is 0 Å². The smallest absolute Gasteiger partial charge is 0.0516 e. The lowest BCUT2D eigenvalue weighted by Crippen LogP contribution is -2.26. The lowest BCUT2D eigenvalue weighted by molar-refractivity contribution is 0.482. The van der Waals surface area contributed by atoms with Crippen molar-refractivity contribution in [1.29, 1.82) is 0 Å². The lowest BCUT2D eigenvalue weighted by Gasteiger charge is -2.12. The Morgan fingerprint density at radius 2 is 2.14 bits per heavy atom. The molecule has 2 atom stereocenters. The highest BCUT2D eigenvalue weighted by Gasteiger charge is 2.45. The van der Waals surface area contributed by atoms with Crippen LogP contribution in [0.25, 0.3) is 0 Å². The van der Waals surface area contributed by atoms with Crippen LogP contribution in [0.15, 0.2) is 11.4 Å². The average molecular weight is 228 g/mol. The van der Waals surface area contributed by atoms with Crippen LogP contribution in [-0.2, 0) is 6.54 Å². The molecular weight excluding hydrogens is 214 g/mol. The first-order valence-corrected chi connectivity index (χ1v) is 6.53. The minimum atomic E-state index is 0.777. The molecule has 1 heterocycles. The predicted molar refractivity (Wildman–Crippen MR) is 60.8 cm³/mol. The van der Waals surface area contributed by atoms with Crippen LogP contribution < -0.4 is 5.32 Å². The van der Waals surface area contributed by atoms with Gasteiger partial charge in [-0.15, -0.1) is 11.3 Å². The summed E-state index contributed by atoms with van der Waals surface area (Å²) in [6.07, 6.45) is 4.32. The summed E-state index contributed by atoms with van der Waals surface area (Å²) < 4.78 is 0. The first-order chi connectivity index (χ1) is 6.81. The molecule has 1 aromatic rings. The average Bonchev–Trinajstić information content (AvgIpc) is 2.63. The molecule has 0 amide bonds. The molecule has 2 aliphatic rings. The van der Waals surface area contributed by atoms with Gasteiger partial charge in [-0.25, -0.2) is 0 Å². The second-order valence-corrected chi connectivity index (χ2v) is 5.97. The summed E-state index contributed by atoms with van der Waals surface area (Å²) in [5, 5.41) is 6.50.